The van der Waals surface area contributed by atoms with Gasteiger partial charge in [0.15, 0.2) is 5.13 Å². The highest BCUT2D eigenvalue weighted by Crippen LogP contribution is 2.31. The maximum absolute atomic E-state index is 12.6. The van der Waals surface area contributed by atoms with Gasteiger partial charge in [-0.2, -0.15) is 0 Å². The minimum Gasteiger partial charge on any atom is -0.441 e. The highest BCUT2D eigenvalue weighted by Gasteiger charge is 2.46. The van der Waals surface area contributed by atoms with E-state index >= 15 is 0 Å². The Bertz CT molecular complexity index is 624. The minimum atomic E-state index is -0.397. The zero-order valence-corrected chi connectivity index (χ0v) is 15.0. The Morgan fingerprint density at radius 1 is 1.28 bits per heavy atom. The van der Waals surface area contributed by atoms with Crippen molar-refractivity contribution in [2.24, 2.45) is 0 Å². The zero-order valence-electron chi connectivity index (χ0n) is 14.1. The first-order valence-electron chi connectivity index (χ1n) is 8.76. The smallest absolute Gasteiger partial charge is 0.410 e. The average molecular weight is 365 g/mol. The third-order valence-electron chi connectivity index (χ3n) is 5.20. The number of nitrogens with zero attached hydrogens (tertiary/aromatic N) is 4. The molecule has 1 N–H and O–H groups in total. The van der Waals surface area contributed by atoms with E-state index in [4.69, 9.17) is 4.74 Å². The molecule has 0 radical (unpaired) electrons. The summed E-state index contributed by atoms with van der Waals surface area (Å²) in [6.07, 6.45) is 3.08. The third-order valence-corrected chi connectivity index (χ3v) is 6.04. The second kappa shape index (κ2) is 6.80. The predicted octanol–water partition coefficient (Wildman–Crippen LogP) is 0.366. The van der Waals surface area contributed by atoms with Crippen molar-refractivity contribution in [3.05, 3.63) is 11.6 Å². The quantitative estimate of drug-likeness (QED) is 0.834. The van der Waals surface area contributed by atoms with Gasteiger partial charge in [0.1, 0.15) is 12.1 Å². The number of hydrogen-bond donors (Lipinski definition) is 1. The fourth-order valence-corrected chi connectivity index (χ4v) is 4.44. The van der Waals surface area contributed by atoms with E-state index in [1.54, 1.807) is 22.4 Å². The van der Waals surface area contributed by atoms with Crippen LogP contribution in [0.15, 0.2) is 11.6 Å². The van der Waals surface area contributed by atoms with Crippen LogP contribution < -0.4 is 10.2 Å². The molecule has 0 aliphatic carbocycles. The summed E-state index contributed by atoms with van der Waals surface area (Å²) in [6.45, 7) is 5.23. The predicted molar refractivity (Wildman–Crippen MR) is 93.8 cm³/mol. The van der Waals surface area contributed by atoms with Gasteiger partial charge in [-0.1, -0.05) is 0 Å². The third kappa shape index (κ3) is 3.43. The van der Waals surface area contributed by atoms with E-state index in [1.165, 1.54) is 0 Å². The molecule has 2 amide bonds. The Labute approximate surface area is 150 Å². The molecule has 0 saturated carbocycles. The molecule has 136 valence electrons. The van der Waals surface area contributed by atoms with Crippen molar-refractivity contribution in [3.8, 4) is 0 Å². The molecular weight excluding hydrogens is 342 g/mol. The molecule has 4 rings (SSSR count). The van der Waals surface area contributed by atoms with E-state index in [0.29, 0.717) is 19.6 Å². The van der Waals surface area contributed by atoms with Crippen molar-refractivity contribution >= 4 is 28.5 Å². The lowest BCUT2D eigenvalue weighted by Crippen LogP contribution is -2.52. The normalized spacial score (nSPS) is 23.2. The molecule has 3 saturated heterocycles. The Morgan fingerprint density at radius 2 is 2.04 bits per heavy atom. The number of carbonyl (C=O) groups excluding carboxylic acids is 2. The molecule has 9 heteroatoms. The Hall–Kier alpha value is -1.87. The summed E-state index contributed by atoms with van der Waals surface area (Å²) in [6, 6.07) is 0. The molecule has 3 aliphatic heterocycles. The molecule has 4 heterocycles. The number of carbonyl (C=O) groups is 2. The van der Waals surface area contributed by atoms with Gasteiger partial charge in [-0.05, 0) is 13.1 Å². The maximum atomic E-state index is 12.6. The van der Waals surface area contributed by atoms with Crippen LogP contribution >= 0.6 is 11.3 Å². The number of anilines is 1. The zero-order chi connectivity index (χ0) is 17.3. The van der Waals surface area contributed by atoms with Gasteiger partial charge < -0.3 is 19.9 Å². The van der Waals surface area contributed by atoms with Crippen molar-refractivity contribution in [3.63, 3.8) is 0 Å². The SMILES string of the molecule is O=C(CN1CC2(CCNCC2)OC1=O)N1CCN(c2nccs2)CC1. The molecule has 0 atom stereocenters. The molecule has 8 nitrogen and oxygen atoms in total. The standard InChI is InChI=1S/C16H23N5O3S/c22-13(19-6-8-20(9-7-19)14-18-5-10-25-14)11-21-12-16(24-15(21)23)1-3-17-4-2-16/h5,10,17H,1-4,6-9,11-12H2. The number of aromatic nitrogens is 1. The summed E-state index contributed by atoms with van der Waals surface area (Å²) in [7, 11) is 0. The number of rotatable bonds is 3. The summed E-state index contributed by atoms with van der Waals surface area (Å²) in [5.74, 6) is 0.00160. The first-order chi connectivity index (χ1) is 12.2. The van der Waals surface area contributed by atoms with Crippen LogP contribution in [0.3, 0.4) is 0 Å². The first-order valence-corrected chi connectivity index (χ1v) is 9.64. The van der Waals surface area contributed by atoms with Gasteiger partial charge in [-0.15, -0.1) is 11.3 Å². The van der Waals surface area contributed by atoms with Crippen LogP contribution in [0.4, 0.5) is 9.93 Å². The summed E-state index contributed by atoms with van der Waals surface area (Å²) >= 11 is 1.61. The Morgan fingerprint density at radius 3 is 2.72 bits per heavy atom. The van der Waals surface area contributed by atoms with E-state index in [0.717, 1.165) is 44.2 Å². The molecule has 3 aliphatic rings. The monoisotopic (exact) mass is 365 g/mol. The van der Waals surface area contributed by atoms with Crippen LogP contribution in [-0.2, 0) is 9.53 Å². The van der Waals surface area contributed by atoms with Crippen LogP contribution in [0, 0.1) is 0 Å². The van der Waals surface area contributed by atoms with E-state index in [2.05, 4.69) is 15.2 Å². The molecule has 1 aromatic heterocycles. The lowest BCUT2D eigenvalue weighted by Gasteiger charge is -2.35. The van der Waals surface area contributed by atoms with Crippen LogP contribution in [0.2, 0.25) is 0 Å². The molecule has 0 unspecified atom stereocenters. The summed E-state index contributed by atoms with van der Waals surface area (Å²) in [4.78, 5) is 34.7. The van der Waals surface area contributed by atoms with Crippen LogP contribution in [0.25, 0.3) is 0 Å². The lowest BCUT2D eigenvalue weighted by molar-refractivity contribution is -0.132. The molecule has 1 aromatic rings. The van der Waals surface area contributed by atoms with Crippen LogP contribution in [0.5, 0.6) is 0 Å². The van der Waals surface area contributed by atoms with Gasteiger partial charge in [-0.25, -0.2) is 9.78 Å². The number of ether oxygens (including phenoxy) is 1. The second-order valence-electron chi connectivity index (χ2n) is 6.84. The van der Waals surface area contributed by atoms with Gasteiger partial charge >= 0.3 is 6.09 Å². The van der Waals surface area contributed by atoms with Gasteiger partial charge in [0, 0.05) is 50.6 Å². The van der Waals surface area contributed by atoms with Crippen molar-refractivity contribution in [1.82, 2.24) is 20.1 Å². The summed E-state index contributed by atoms with van der Waals surface area (Å²) in [5.41, 5.74) is -0.397. The van der Waals surface area contributed by atoms with Crippen molar-refractivity contribution in [2.75, 3.05) is 57.3 Å². The number of piperidine rings is 1. The molecule has 0 bridgehead atoms. The van der Waals surface area contributed by atoms with Gasteiger partial charge in [0.2, 0.25) is 5.91 Å². The fraction of sp³-hybridized carbons (Fsp3) is 0.688. The highest BCUT2D eigenvalue weighted by atomic mass is 32.1. The number of thiazole rings is 1. The highest BCUT2D eigenvalue weighted by molar-refractivity contribution is 7.13. The van der Waals surface area contributed by atoms with Crippen molar-refractivity contribution in [2.45, 2.75) is 18.4 Å². The molecule has 1 spiro atoms. The largest absolute Gasteiger partial charge is 0.441 e. The number of hydrogen-bond acceptors (Lipinski definition) is 7. The van der Waals surface area contributed by atoms with Gasteiger partial charge in [-0.3, -0.25) is 9.69 Å². The molecule has 25 heavy (non-hydrogen) atoms. The minimum absolute atomic E-state index is 0.00160. The van der Waals surface area contributed by atoms with Crippen molar-refractivity contribution < 1.29 is 14.3 Å². The number of nitrogens with one attached hydrogen (secondary N) is 1. The van der Waals surface area contributed by atoms with E-state index < -0.39 is 5.60 Å². The van der Waals surface area contributed by atoms with E-state index in [9.17, 15) is 9.59 Å². The van der Waals surface area contributed by atoms with Gasteiger partial charge in [0.05, 0.1) is 6.54 Å². The average Bonchev–Trinajstić information content (AvgIpc) is 3.25. The van der Waals surface area contributed by atoms with E-state index in [-0.39, 0.29) is 18.5 Å². The summed E-state index contributed by atoms with van der Waals surface area (Å²) < 4.78 is 5.62. The fourth-order valence-electron chi connectivity index (χ4n) is 3.74. The van der Waals surface area contributed by atoms with Crippen molar-refractivity contribution in [1.29, 1.82) is 0 Å². The van der Waals surface area contributed by atoms with E-state index in [1.807, 2.05) is 10.3 Å². The number of piperazine rings is 1. The topological polar surface area (TPSA) is 78.0 Å². The summed E-state index contributed by atoms with van der Waals surface area (Å²) in [5, 5.41) is 6.24. The lowest BCUT2D eigenvalue weighted by atomic mass is 9.92. The second-order valence-corrected chi connectivity index (χ2v) is 7.71. The molecular formula is C16H23N5O3S. The Balaban J connectivity index is 1.30. The first kappa shape index (κ1) is 16.6. The Kier molecular flexibility index (Phi) is 4.51. The van der Waals surface area contributed by atoms with Crippen LogP contribution in [-0.4, -0.2) is 84.7 Å². The molecule has 0 aromatic carbocycles. The maximum Gasteiger partial charge on any atom is 0.410 e. The van der Waals surface area contributed by atoms with Crippen LogP contribution in [0.1, 0.15) is 12.8 Å². The molecule has 3 fully saturated rings. The van der Waals surface area contributed by atoms with Gasteiger partial charge in [0.25, 0.3) is 0 Å². The number of amides is 2.